The van der Waals surface area contributed by atoms with Gasteiger partial charge in [-0.15, -0.1) is 0 Å². The van der Waals surface area contributed by atoms with Crippen LogP contribution >= 0.6 is 0 Å². The summed E-state index contributed by atoms with van der Waals surface area (Å²) >= 11 is 0. The number of rotatable bonds is 6. The van der Waals surface area contributed by atoms with Crippen LogP contribution < -0.4 is 4.74 Å². The fourth-order valence-electron chi connectivity index (χ4n) is 2.52. The number of benzene rings is 1. The fourth-order valence-corrected chi connectivity index (χ4v) is 2.52. The molecule has 0 saturated carbocycles. The molecule has 0 aliphatic carbocycles. The van der Waals surface area contributed by atoms with Gasteiger partial charge in [-0.2, -0.15) is 0 Å². The SMILES string of the molecule is CCCCCCOc1ccc2ccc3cnccc3c2n1. The molecule has 21 heavy (non-hydrogen) atoms. The lowest BCUT2D eigenvalue weighted by Gasteiger charge is -2.07. The summed E-state index contributed by atoms with van der Waals surface area (Å²) in [5.74, 6) is 0.711. The number of ether oxygens (including phenoxy) is 1. The summed E-state index contributed by atoms with van der Waals surface area (Å²) < 4.78 is 5.78. The lowest BCUT2D eigenvalue weighted by molar-refractivity contribution is 0.295. The van der Waals surface area contributed by atoms with E-state index in [0.29, 0.717) is 5.88 Å². The minimum absolute atomic E-state index is 0.711. The van der Waals surface area contributed by atoms with E-state index in [1.54, 1.807) is 0 Å². The Labute approximate surface area is 125 Å². The Hall–Kier alpha value is -2.16. The Bertz CT molecular complexity index is 739. The predicted octanol–water partition coefficient (Wildman–Crippen LogP) is 4.74. The highest BCUT2D eigenvalue weighted by molar-refractivity contribution is 6.04. The molecule has 0 atom stereocenters. The van der Waals surface area contributed by atoms with Gasteiger partial charge in [-0.1, -0.05) is 38.3 Å². The number of unbranched alkanes of at least 4 members (excludes halogenated alkanes) is 3. The maximum absolute atomic E-state index is 5.78. The second kappa shape index (κ2) is 6.53. The van der Waals surface area contributed by atoms with E-state index in [1.165, 1.54) is 19.3 Å². The summed E-state index contributed by atoms with van der Waals surface area (Å²) in [6, 6.07) is 10.2. The van der Waals surface area contributed by atoms with Crippen molar-refractivity contribution < 1.29 is 4.74 Å². The molecule has 0 spiro atoms. The lowest BCUT2D eigenvalue weighted by Crippen LogP contribution is -1.99. The number of hydrogen-bond donors (Lipinski definition) is 0. The number of hydrogen-bond acceptors (Lipinski definition) is 3. The van der Waals surface area contributed by atoms with Crippen molar-refractivity contribution in [2.24, 2.45) is 0 Å². The third-order valence-corrected chi connectivity index (χ3v) is 3.70. The van der Waals surface area contributed by atoms with Crippen LogP contribution in [-0.2, 0) is 0 Å². The van der Waals surface area contributed by atoms with E-state index in [9.17, 15) is 0 Å². The minimum atomic E-state index is 0.711. The van der Waals surface area contributed by atoms with E-state index >= 15 is 0 Å². The quantitative estimate of drug-likeness (QED) is 0.483. The number of aromatic nitrogens is 2. The first-order valence-corrected chi connectivity index (χ1v) is 7.65. The first kappa shape index (κ1) is 13.8. The van der Waals surface area contributed by atoms with Crippen LogP contribution in [0.15, 0.2) is 42.7 Å². The van der Waals surface area contributed by atoms with Crippen LogP contribution in [0.3, 0.4) is 0 Å². The van der Waals surface area contributed by atoms with Gasteiger partial charge in [0.25, 0.3) is 0 Å². The van der Waals surface area contributed by atoms with Crippen molar-refractivity contribution in [3.63, 3.8) is 0 Å². The van der Waals surface area contributed by atoms with Gasteiger partial charge in [0.15, 0.2) is 0 Å². The van der Waals surface area contributed by atoms with Gasteiger partial charge in [0.2, 0.25) is 5.88 Å². The molecule has 0 bridgehead atoms. The van der Waals surface area contributed by atoms with Crippen LogP contribution in [0, 0.1) is 0 Å². The standard InChI is InChI=1S/C18H20N2O/c1-2-3-4-5-12-21-17-9-8-14-6-7-15-13-19-11-10-16(15)18(14)20-17/h6-11,13H,2-5,12H2,1H3. The van der Waals surface area contributed by atoms with Gasteiger partial charge in [0, 0.05) is 34.6 Å². The van der Waals surface area contributed by atoms with Crippen molar-refractivity contribution >= 4 is 21.7 Å². The first-order valence-electron chi connectivity index (χ1n) is 7.65. The Kier molecular flexibility index (Phi) is 4.29. The van der Waals surface area contributed by atoms with Gasteiger partial charge in [-0.3, -0.25) is 4.98 Å². The maximum Gasteiger partial charge on any atom is 0.213 e. The van der Waals surface area contributed by atoms with Gasteiger partial charge in [0.1, 0.15) is 0 Å². The van der Waals surface area contributed by atoms with Crippen LogP contribution in [-0.4, -0.2) is 16.6 Å². The largest absolute Gasteiger partial charge is 0.478 e. The summed E-state index contributed by atoms with van der Waals surface area (Å²) in [4.78, 5) is 8.83. The fraction of sp³-hybridized carbons (Fsp3) is 0.333. The molecule has 0 saturated heterocycles. The molecule has 3 rings (SSSR count). The number of pyridine rings is 2. The zero-order chi connectivity index (χ0) is 14.5. The van der Waals surface area contributed by atoms with Gasteiger partial charge >= 0.3 is 0 Å². The van der Waals surface area contributed by atoms with E-state index < -0.39 is 0 Å². The van der Waals surface area contributed by atoms with Gasteiger partial charge in [0.05, 0.1) is 12.1 Å². The van der Waals surface area contributed by atoms with Crippen LogP contribution in [0.2, 0.25) is 0 Å². The van der Waals surface area contributed by atoms with E-state index in [1.807, 2.05) is 24.5 Å². The molecular formula is C18H20N2O. The van der Waals surface area contributed by atoms with E-state index in [0.717, 1.165) is 34.7 Å². The molecule has 2 aromatic heterocycles. The molecule has 0 amide bonds. The van der Waals surface area contributed by atoms with E-state index in [2.05, 4.69) is 35.1 Å². The van der Waals surface area contributed by atoms with Crippen LogP contribution in [0.4, 0.5) is 0 Å². The monoisotopic (exact) mass is 280 g/mol. The average molecular weight is 280 g/mol. The second-order valence-corrected chi connectivity index (χ2v) is 5.29. The number of nitrogens with zero attached hydrogens (tertiary/aromatic N) is 2. The van der Waals surface area contributed by atoms with E-state index in [-0.39, 0.29) is 0 Å². The first-order chi connectivity index (χ1) is 10.4. The molecule has 2 heterocycles. The Morgan fingerprint density at radius 1 is 0.952 bits per heavy atom. The van der Waals surface area contributed by atoms with Crippen molar-refractivity contribution in [3.8, 4) is 5.88 Å². The minimum Gasteiger partial charge on any atom is -0.478 e. The van der Waals surface area contributed by atoms with Crippen molar-refractivity contribution in [1.29, 1.82) is 0 Å². The Balaban J connectivity index is 1.83. The molecular weight excluding hydrogens is 260 g/mol. The third kappa shape index (κ3) is 3.13. The molecule has 1 aromatic carbocycles. The summed E-state index contributed by atoms with van der Waals surface area (Å²) in [5, 5.41) is 3.36. The summed E-state index contributed by atoms with van der Waals surface area (Å²) in [6.45, 7) is 2.95. The van der Waals surface area contributed by atoms with Crippen LogP contribution in [0.25, 0.3) is 21.7 Å². The highest BCUT2D eigenvalue weighted by Gasteiger charge is 2.04. The van der Waals surface area contributed by atoms with Crippen molar-refractivity contribution in [1.82, 2.24) is 9.97 Å². The van der Waals surface area contributed by atoms with Crippen LogP contribution in [0.1, 0.15) is 32.6 Å². The van der Waals surface area contributed by atoms with Gasteiger partial charge < -0.3 is 4.74 Å². The normalized spacial score (nSPS) is 11.1. The molecule has 0 aliphatic heterocycles. The molecule has 0 N–H and O–H groups in total. The molecule has 0 aliphatic rings. The molecule has 108 valence electrons. The Morgan fingerprint density at radius 2 is 1.81 bits per heavy atom. The summed E-state index contributed by atoms with van der Waals surface area (Å²) in [7, 11) is 0. The van der Waals surface area contributed by atoms with Crippen molar-refractivity contribution in [2.75, 3.05) is 6.61 Å². The average Bonchev–Trinajstić information content (AvgIpc) is 2.54. The highest BCUT2D eigenvalue weighted by Crippen LogP contribution is 2.25. The molecule has 3 aromatic rings. The molecule has 3 nitrogen and oxygen atoms in total. The Morgan fingerprint density at radius 3 is 2.71 bits per heavy atom. The van der Waals surface area contributed by atoms with Gasteiger partial charge in [-0.05, 0) is 18.6 Å². The molecule has 3 heteroatoms. The van der Waals surface area contributed by atoms with Gasteiger partial charge in [-0.25, -0.2) is 4.98 Å². The van der Waals surface area contributed by atoms with Crippen molar-refractivity contribution in [2.45, 2.75) is 32.6 Å². The molecule has 0 unspecified atom stereocenters. The zero-order valence-electron chi connectivity index (χ0n) is 12.4. The predicted molar refractivity (Wildman–Crippen MR) is 86.7 cm³/mol. The maximum atomic E-state index is 5.78. The van der Waals surface area contributed by atoms with E-state index in [4.69, 9.17) is 4.74 Å². The topological polar surface area (TPSA) is 35.0 Å². The zero-order valence-corrected chi connectivity index (χ0v) is 12.4. The highest BCUT2D eigenvalue weighted by atomic mass is 16.5. The van der Waals surface area contributed by atoms with Crippen molar-refractivity contribution in [3.05, 3.63) is 42.7 Å². The lowest BCUT2D eigenvalue weighted by atomic mass is 10.1. The molecule has 0 radical (unpaired) electrons. The molecule has 0 fully saturated rings. The smallest absolute Gasteiger partial charge is 0.213 e. The summed E-state index contributed by atoms with van der Waals surface area (Å²) in [6.07, 6.45) is 8.50. The number of fused-ring (bicyclic) bond motifs is 3. The summed E-state index contributed by atoms with van der Waals surface area (Å²) in [5.41, 5.74) is 0.987. The van der Waals surface area contributed by atoms with Crippen LogP contribution in [0.5, 0.6) is 5.88 Å². The third-order valence-electron chi connectivity index (χ3n) is 3.70. The second-order valence-electron chi connectivity index (χ2n) is 5.29.